The summed E-state index contributed by atoms with van der Waals surface area (Å²) in [5.41, 5.74) is -0.0144. The molecule has 0 bridgehead atoms. The number of hydrogen-bond donors (Lipinski definition) is 0. The third kappa shape index (κ3) is 1.93. The van der Waals surface area contributed by atoms with Gasteiger partial charge >= 0.3 is 0 Å². The van der Waals surface area contributed by atoms with E-state index in [1.807, 2.05) is 6.92 Å². The van der Waals surface area contributed by atoms with Gasteiger partial charge in [0, 0.05) is 12.8 Å². The Labute approximate surface area is 60.6 Å². The lowest BCUT2D eigenvalue weighted by atomic mass is 9.99. The standard InChI is InChI=1S/C8H14F2/c1-3-8(9,10)6-7(2)4-5-7/h3-6H2,1-2H3. The van der Waals surface area contributed by atoms with Gasteiger partial charge in [0.15, 0.2) is 0 Å². The minimum absolute atomic E-state index is 0.0113. The molecule has 10 heavy (non-hydrogen) atoms. The van der Waals surface area contributed by atoms with Crippen LogP contribution in [0.4, 0.5) is 8.78 Å². The quantitative estimate of drug-likeness (QED) is 0.576. The molecule has 0 amide bonds. The third-order valence-corrected chi connectivity index (χ3v) is 2.31. The van der Waals surface area contributed by atoms with E-state index in [9.17, 15) is 8.78 Å². The van der Waals surface area contributed by atoms with Crippen LogP contribution < -0.4 is 0 Å². The van der Waals surface area contributed by atoms with Gasteiger partial charge in [0.05, 0.1) is 0 Å². The largest absolute Gasteiger partial charge is 0.248 e. The minimum atomic E-state index is -2.41. The van der Waals surface area contributed by atoms with Crippen molar-refractivity contribution in [2.75, 3.05) is 0 Å². The normalized spacial score (nSPS) is 22.8. The lowest BCUT2D eigenvalue weighted by Gasteiger charge is -2.17. The SMILES string of the molecule is CCC(F)(F)CC1(C)CC1. The topological polar surface area (TPSA) is 0 Å². The molecule has 1 saturated carbocycles. The Morgan fingerprint density at radius 1 is 1.40 bits per heavy atom. The molecule has 1 aliphatic rings. The summed E-state index contributed by atoms with van der Waals surface area (Å²) in [7, 11) is 0. The van der Waals surface area contributed by atoms with Crippen molar-refractivity contribution in [2.24, 2.45) is 5.41 Å². The van der Waals surface area contributed by atoms with Crippen molar-refractivity contribution in [3.05, 3.63) is 0 Å². The van der Waals surface area contributed by atoms with E-state index < -0.39 is 5.92 Å². The summed E-state index contributed by atoms with van der Waals surface area (Å²) >= 11 is 0. The van der Waals surface area contributed by atoms with Gasteiger partial charge in [-0.05, 0) is 18.3 Å². The molecular weight excluding hydrogens is 134 g/mol. The molecule has 0 aliphatic heterocycles. The Morgan fingerprint density at radius 3 is 2.20 bits per heavy atom. The number of hydrogen-bond acceptors (Lipinski definition) is 0. The van der Waals surface area contributed by atoms with E-state index in [4.69, 9.17) is 0 Å². The molecule has 2 heteroatoms. The highest BCUT2D eigenvalue weighted by atomic mass is 19.3. The Morgan fingerprint density at radius 2 is 1.90 bits per heavy atom. The predicted molar refractivity (Wildman–Crippen MR) is 37.2 cm³/mol. The second-order valence-electron chi connectivity index (χ2n) is 3.70. The van der Waals surface area contributed by atoms with E-state index in [0.29, 0.717) is 0 Å². The lowest BCUT2D eigenvalue weighted by molar-refractivity contribution is -0.0282. The second-order valence-corrected chi connectivity index (χ2v) is 3.70. The van der Waals surface area contributed by atoms with Crippen LogP contribution >= 0.6 is 0 Å². The zero-order valence-corrected chi connectivity index (χ0v) is 6.58. The van der Waals surface area contributed by atoms with Crippen molar-refractivity contribution in [2.45, 2.75) is 45.5 Å². The zero-order chi connectivity index (χ0) is 7.83. The van der Waals surface area contributed by atoms with Crippen LogP contribution in [0.5, 0.6) is 0 Å². The fourth-order valence-corrected chi connectivity index (χ4v) is 1.14. The monoisotopic (exact) mass is 148 g/mol. The molecule has 0 saturated heterocycles. The molecule has 0 aromatic heterocycles. The van der Waals surface area contributed by atoms with Crippen molar-refractivity contribution in [3.8, 4) is 0 Å². The van der Waals surface area contributed by atoms with Gasteiger partial charge in [-0.25, -0.2) is 8.78 Å². The lowest BCUT2D eigenvalue weighted by Crippen LogP contribution is -2.18. The summed E-state index contributed by atoms with van der Waals surface area (Å²) in [5, 5.41) is 0. The Bertz CT molecular complexity index is 125. The highest BCUT2D eigenvalue weighted by Crippen LogP contribution is 2.52. The van der Waals surface area contributed by atoms with E-state index in [2.05, 4.69) is 0 Å². The van der Waals surface area contributed by atoms with E-state index in [1.165, 1.54) is 0 Å². The molecule has 0 spiro atoms. The fourth-order valence-electron chi connectivity index (χ4n) is 1.14. The van der Waals surface area contributed by atoms with Gasteiger partial charge in [0.2, 0.25) is 5.92 Å². The maximum absolute atomic E-state index is 12.7. The van der Waals surface area contributed by atoms with E-state index in [-0.39, 0.29) is 18.3 Å². The van der Waals surface area contributed by atoms with Crippen molar-refractivity contribution in [1.29, 1.82) is 0 Å². The van der Waals surface area contributed by atoms with Crippen molar-refractivity contribution < 1.29 is 8.78 Å². The molecule has 0 nitrogen and oxygen atoms in total. The molecule has 1 rings (SSSR count). The molecule has 60 valence electrons. The summed E-state index contributed by atoms with van der Waals surface area (Å²) in [6, 6.07) is 0. The molecule has 0 unspecified atom stereocenters. The predicted octanol–water partition coefficient (Wildman–Crippen LogP) is 3.22. The average Bonchev–Trinajstić information content (AvgIpc) is 2.47. The number of halogens is 2. The highest BCUT2D eigenvalue weighted by Gasteiger charge is 2.45. The summed E-state index contributed by atoms with van der Waals surface area (Å²) in [4.78, 5) is 0. The van der Waals surface area contributed by atoms with Crippen molar-refractivity contribution in [1.82, 2.24) is 0 Å². The molecule has 0 heterocycles. The van der Waals surface area contributed by atoms with Gasteiger partial charge < -0.3 is 0 Å². The minimum Gasteiger partial charge on any atom is -0.207 e. The Hall–Kier alpha value is -0.140. The van der Waals surface area contributed by atoms with Gasteiger partial charge in [-0.1, -0.05) is 13.8 Å². The molecular formula is C8H14F2. The maximum atomic E-state index is 12.7. The first kappa shape index (κ1) is 7.96. The van der Waals surface area contributed by atoms with Gasteiger partial charge in [-0.2, -0.15) is 0 Å². The highest BCUT2D eigenvalue weighted by molar-refractivity contribution is 4.92. The van der Waals surface area contributed by atoms with Crippen LogP contribution in [0.25, 0.3) is 0 Å². The van der Waals surface area contributed by atoms with Crippen molar-refractivity contribution >= 4 is 0 Å². The van der Waals surface area contributed by atoms with Crippen molar-refractivity contribution in [3.63, 3.8) is 0 Å². The first-order valence-corrected chi connectivity index (χ1v) is 3.85. The Kier molecular flexibility index (Phi) is 1.73. The molecule has 1 aliphatic carbocycles. The molecule has 0 atom stereocenters. The molecule has 0 radical (unpaired) electrons. The van der Waals surface area contributed by atoms with Gasteiger partial charge in [0.25, 0.3) is 0 Å². The van der Waals surface area contributed by atoms with E-state index in [1.54, 1.807) is 6.92 Å². The third-order valence-electron chi connectivity index (χ3n) is 2.31. The van der Waals surface area contributed by atoms with Crippen LogP contribution in [-0.4, -0.2) is 5.92 Å². The van der Waals surface area contributed by atoms with Crippen LogP contribution in [0, 0.1) is 5.41 Å². The first-order chi connectivity index (χ1) is 4.47. The van der Waals surface area contributed by atoms with Crippen LogP contribution in [0.2, 0.25) is 0 Å². The van der Waals surface area contributed by atoms with E-state index >= 15 is 0 Å². The summed E-state index contributed by atoms with van der Waals surface area (Å²) in [6.45, 7) is 3.49. The zero-order valence-electron chi connectivity index (χ0n) is 6.58. The first-order valence-electron chi connectivity index (χ1n) is 3.85. The van der Waals surface area contributed by atoms with Crippen LogP contribution in [-0.2, 0) is 0 Å². The Balaban J connectivity index is 2.36. The molecule has 0 aromatic rings. The summed E-state index contributed by atoms with van der Waals surface area (Å²) < 4.78 is 25.4. The summed E-state index contributed by atoms with van der Waals surface area (Å²) in [5.74, 6) is -2.41. The molecule has 0 N–H and O–H groups in total. The summed E-state index contributed by atoms with van der Waals surface area (Å²) in [6.07, 6.45) is 2.06. The smallest absolute Gasteiger partial charge is 0.207 e. The fraction of sp³-hybridized carbons (Fsp3) is 1.00. The average molecular weight is 148 g/mol. The van der Waals surface area contributed by atoms with Crippen LogP contribution in [0.1, 0.15) is 39.5 Å². The van der Waals surface area contributed by atoms with Crippen LogP contribution in [0.3, 0.4) is 0 Å². The van der Waals surface area contributed by atoms with Gasteiger partial charge in [-0.15, -0.1) is 0 Å². The number of rotatable bonds is 3. The molecule has 0 aromatic carbocycles. The van der Waals surface area contributed by atoms with Gasteiger partial charge in [0.1, 0.15) is 0 Å². The molecule has 1 fully saturated rings. The number of alkyl halides is 2. The second kappa shape index (κ2) is 2.18. The van der Waals surface area contributed by atoms with Crippen LogP contribution in [0.15, 0.2) is 0 Å². The maximum Gasteiger partial charge on any atom is 0.248 e. The van der Waals surface area contributed by atoms with Gasteiger partial charge in [-0.3, -0.25) is 0 Å². The van der Waals surface area contributed by atoms with E-state index in [0.717, 1.165) is 12.8 Å².